The zero-order valence-corrected chi connectivity index (χ0v) is 9.40. The lowest BCUT2D eigenvalue weighted by atomic mass is 10.3. The van der Waals surface area contributed by atoms with Gasteiger partial charge in [-0.3, -0.25) is 4.68 Å². The minimum absolute atomic E-state index is 0.461. The zero-order chi connectivity index (χ0) is 11.9. The summed E-state index contributed by atoms with van der Waals surface area (Å²) in [6.07, 6.45) is 6.27. The molecule has 2 aromatic heterocycles. The third kappa shape index (κ3) is 3.93. The van der Waals surface area contributed by atoms with Crippen LogP contribution < -0.4 is 5.32 Å². The summed E-state index contributed by atoms with van der Waals surface area (Å²) < 4.78 is 1.71. The van der Waals surface area contributed by atoms with Crippen LogP contribution in [0.3, 0.4) is 0 Å². The summed E-state index contributed by atoms with van der Waals surface area (Å²) in [4.78, 5) is 7.92. The van der Waals surface area contributed by atoms with Gasteiger partial charge in [0.05, 0.1) is 18.3 Å². The number of aliphatic hydroxyl groups is 1. The van der Waals surface area contributed by atoms with E-state index < -0.39 is 6.10 Å². The Labute approximate surface area is 99.3 Å². The minimum atomic E-state index is -0.461. The molecule has 2 heterocycles. The van der Waals surface area contributed by atoms with Gasteiger partial charge < -0.3 is 10.4 Å². The van der Waals surface area contributed by atoms with Gasteiger partial charge in [-0.2, -0.15) is 5.10 Å². The molecule has 90 valence electrons. The first kappa shape index (κ1) is 11.7. The van der Waals surface area contributed by atoms with Gasteiger partial charge in [-0.1, -0.05) is 0 Å². The Morgan fingerprint density at radius 3 is 3.06 bits per heavy atom. The van der Waals surface area contributed by atoms with Crippen molar-refractivity contribution in [1.29, 1.82) is 0 Å². The molecule has 0 aliphatic rings. The Morgan fingerprint density at radius 1 is 1.41 bits per heavy atom. The van der Waals surface area contributed by atoms with E-state index in [1.807, 2.05) is 18.3 Å². The first-order chi connectivity index (χ1) is 8.34. The topological polar surface area (TPSA) is 75.9 Å². The second kappa shape index (κ2) is 6.07. The van der Waals surface area contributed by atoms with Crippen molar-refractivity contribution in [3.8, 4) is 0 Å². The largest absolute Gasteiger partial charge is 0.390 e. The quantitative estimate of drug-likeness (QED) is 0.724. The molecule has 0 amide bonds. The molecule has 0 aliphatic carbocycles. The van der Waals surface area contributed by atoms with Crippen molar-refractivity contribution in [2.45, 2.75) is 19.2 Å². The van der Waals surface area contributed by atoms with Crippen molar-refractivity contribution in [2.75, 3.05) is 6.54 Å². The summed E-state index contributed by atoms with van der Waals surface area (Å²) in [5.41, 5.74) is 0.909. The maximum absolute atomic E-state index is 9.74. The lowest BCUT2D eigenvalue weighted by Crippen LogP contribution is -2.30. The summed E-state index contributed by atoms with van der Waals surface area (Å²) in [5, 5.41) is 16.9. The Bertz CT molecular complexity index is 417. The third-order valence-electron chi connectivity index (χ3n) is 2.29. The van der Waals surface area contributed by atoms with Crippen LogP contribution in [0.25, 0.3) is 0 Å². The van der Waals surface area contributed by atoms with Gasteiger partial charge in [0, 0.05) is 31.7 Å². The van der Waals surface area contributed by atoms with Gasteiger partial charge in [-0.25, -0.2) is 9.97 Å². The van der Waals surface area contributed by atoms with E-state index in [4.69, 9.17) is 0 Å². The predicted octanol–water partition coefficient (Wildman–Crippen LogP) is -0.176. The molecule has 0 aromatic carbocycles. The van der Waals surface area contributed by atoms with E-state index in [2.05, 4.69) is 20.4 Å². The van der Waals surface area contributed by atoms with Gasteiger partial charge in [-0.05, 0) is 12.1 Å². The fourth-order valence-corrected chi connectivity index (χ4v) is 1.48. The first-order valence-electron chi connectivity index (χ1n) is 5.45. The van der Waals surface area contributed by atoms with Crippen LogP contribution in [0.4, 0.5) is 0 Å². The van der Waals surface area contributed by atoms with E-state index in [0.29, 0.717) is 19.6 Å². The molecular formula is C11H15N5O. The normalized spacial score (nSPS) is 12.5. The molecule has 17 heavy (non-hydrogen) atoms. The monoisotopic (exact) mass is 233 g/mol. The first-order valence-corrected chi connectivity index (χ1v) is 5.45. The molecule has 0 saturated heterocycles. The average molecular weight is 233 g/mol. The number of nitrogens with one attached hydrogen (secondary N) is 1. The van der Waals surface area contributed by atoms with Crippen LogP contribution in [0.5, 0.6) is 0 Å². The maximum Gasteiger partial charge on any atom is 0.115 e. The van der Waals surface area contributed by atoms with Gasteiger partial charge >= 0.3 is 0 Å². The fourth-order valence-electron chi connectivity index (χ4n) is 1.48. The molecule has 0 saturated carbocycles. The van der Waals surface area contributed by atoms with Gasteiger partial charge in [0.25, 0.3) is 0 Å². The highest BCUT2D eigenvalue weighted by Gasteiger charge is 2.04. The predicted molar refractivity (Wildman–Crippen MR) is 62.0 cm³/mol. The molecule has 0 radical (unpaired) electrons. The Hall–Kier alpha value is -1.79. The highest BCUT2D eigenvalue weighted by molar-refractivity contribution is 4.96. The second-order valence-electron chi connectivity index (χ2n) is 3.71. The molecule has 0 aliphatic heterocycles. The third-order valence-corrected chi connectivity index (χ3v) is 2.29. The lowest BCUT2D eigenvalue weighted by molar-refractivity contribution is 0.146. The van der Waals surface area contributed by atoms with Crippen LogP contribution in [0.2, 0.25) is 0 Å². The summed E-state index contributed by atoms with van der Waals surface area (Å²) in [6, 6.07) is 3.67. The Morgan fingerprint density at radius 2 is 2.35 bits per heavy atom. The Kier molecular flexibility index (Phi) is 4.17. The number of rotatable bonds is 6. The highest BCUT2D eigenvalue weighted by atomic mass is 16.3. The van der Waals surface area contributed by atoms with Crippen LogP contribution in [0, 0.1) is 0 Å². The van der Waals surface area contributed by atoms with E-state index in [0.717, 1.165) is 5.69 Å². The molecule has 2 rings (SSSR count). The molecule has 6 heteroatoms. The standard InChI is InChI=1S/C11H15N5O/c17-11(8-16-5-1-3-15-16)7-13-6-10-2-4-12-9-14-10/h1-5,9,11,13,17H,6-8H2. The van der Waals surface area contributed by atoms with E-state index in [1.54, 1.807) is 17.1 Å². The molecule has 1 unspecified atom stereocenters. The van der Waals surface area contributed by atoms with Gasteiger partial charge in [0.1, 0.15) is 6.33 Å². The lowest BCUT2D eigenvalue weighted by Gasteiger charge is -2.11. The second-order valence-corrected chi connectivity index (χ2v) is 3.71. The number of aliphatic hydroxyl groups excluding tert-OH is 1. The smallest absolute Gasteiger partial charge is 0.115 e. The number of nitrogens with zero attached hydrogens (tertiary/aromatic N) is 4. The average Bonchev–Trinajstić information content (AvgIpc) is 2.83. The summed E-state index contributed by atoms with van der Waals surface area (Å²) in [6.45, 7) is 1.62. The van der Waals surface area contributed by atoms with Gasteiger partial charge in [0.15, 0.2) is 0 Å². The molecule has 0 bridgehead atoms. The fraction of sp³-hybridized carbons (Fsp3) is 0.364. The molecule has 0 fully saturated rings. The highest BCUT2D eigenvalue weighted by Crippen LogP contribution is 1.92. The van der Waals surface area contributed by atoms with Gasteiger partial charge in [0.2, 0.25) is 0 Å². The number of hydrogen-bond acceptors (Lipinski definition) is 5. The Balaban J connectivity index is 1.68. The van der Waals surface area contributed by atoms with Crippen molar-refractivity contribution in [3.63, 3.8) is 0 Å². The van der Waals surface area contributed by atoms with Crippen LogP contribution >= 0.6 is 0 Å². The maximum atomic E-state index is 9.74. The van der Waals surface area contributed by atoms with Crippen LogP contribution in [-0.4, -0.2) is 37.5 Å². The van der Waals surface area contributed by atoms with Crippen molar-refractivity contribution in [3.05, 3.63) is 42.7 Å². The summed E-state index contributed by atoms with van der Waals surface area (Å²) in [5.74, 6) is 0. The van der Waals surface area contributed by atoms with E-state index >= 15 is 0 Å². The minimum Gasteiger partial charge on any atom is -0.390 e. The molecule has 2 N–H and O–H groups in total. The molecule has 6 nitrogen and oxygen atoms in total. The van der Waals surface area contributed by atoms with Crippen LogP contribution in [-0.2, 0) is 13.1 Å². The van der Waals surface area contributed by atoms with E-state index in [-0.39, 0.29) is 0 Å². The molecule has 2 aromatic rings. The molecule has 0 spiro atoms. The molecular weight excluding hydrogens is 218 g/mol. The molecule has 1 atom stereocenters. The summed E-state index contributed by atoms with van der Waals surface area (Å²) >= 11 is 0. The van der Waals surface area contributed by atoms with Crippen LogP contribution in [0.15, 0.2) is 37.1 Å². The van der Waals surface area contributed by atoms with Crippen molar-refractivity contribution >= 4 is 0 Å². The summed E-state index contributed by atoms with van der Waals surface area (Å²) in [7, 11) is 0. The van der Waals surface area contributed by atoms with Crippen LogP contribution in [0.1, 0.15) is 5.69 Å². The van der Waals surface area contributed by atoms with Gasteiger partial charge in [-0.15, -0.1) is 0 Å². The van der Waals surface area contributed by atoms with Crippen molar-refractivity contribution in [2.24, 2.45) is 0 Å². The number of aromatic nitrogens is 4. The van der Waals surface area contributed by atoms with E-state index in [1.165, 1.54) is 6.33 Å². The SMILES string of the molecule is OC(CNCc1ccncn1)Cn1cccn1. The number of hydrogen-bond donors (Lipinski definition) is 2. The van der Waals surface area contributed by atoms with E-state index in [9.17, 15) is 5.11 Å². The van der Waals surface area contributed by atoms with Crippen molar-refractivity contribution in [1.82, 2.24) is 25.1 Å². The zero-order valence-electron chi connectivity index (χ0n) is 9.40. The van der Waals surface area contributed by atoms with Crippen molar-refractivity contribution < 1.29 is 5.11 Å².